The third-order valence-electron chi connectivity index (χ3n) is 2.31. The third-order valence-corrected chi connectivity index (χ3v) is 3.45. The molecule has 2 atom stereocenters. The van der Waals surface area contributed by atoms with Crippen molar-refractivity contribution in [3.63, 3.8) is 0 Å². The fraction of sp³-hybridized carbons (Fsp3) is 0.889. The molecule has 0 amide bonds. The largest absolute Gasteiger partial charge is 0.480 e. The van der Waals surface area contributed by atoms with Crippen LogP contribution in [0.2, 0.25) is 0 Å². The minimum Gasteiger partial charge on any atom is -0.480 e. The quantitative estimate of drug-likeness (QED) is 0.672. The summed E-state index contributed by atoms with van der Waals surface area (Å²) in [5.41, 5.74) is 0.140. The highest BCUT2D eigenvalue weighted by molar-refractivity contribution is 7.99. The Morgan fingerprint density at radius 2 is 2.08 bits per heavy atom. The monoisotopic (exact) mass is 203 g/mol. The first-order chi connectivity index (χ1) is 5.91. The molecule has 0 bridgehead atoms. The molecule has 13 heavy (non-hydrogen) atoms. The molecule has 1 saturated heterocycles. The maximum atomic E-state index is 10.8. The Morgan fingerprint density at radius 1 is 1.46 bits per heavy atom. The van der Waals surface area contributed by atoms with Crippen molar-refractivity contribution < 1.29 is 9.90 Å². The lowest BCUT2D eigenvalue weighted by atomic mass is 9.87. The van der Waals surface area contributed by atoms with Gasteiger partial charge in [-0.2, -0.15) is 11.8 Å². The van der Waals surface area contributed by atoms with Crippen LogP contribution >= 0.6 is 11.8 Å². The summed E-state index contributed by atoms with van der Waals surface area (Å²) in [6.07, 6.45) is 0. The molecule has 2 N–H and O–H groups in total. The first-order valence-corrected chi connectivity index (χ1v) is 5.63. The number of hydrogen-bond acceptors (Lipinski definition) is 3. The van der Waals surface area contributed by atoms with E-state index in [0.717, 1.165) is 5.75 Å². The van der Waals surface area contributed by atoms with Gasteiger partial charge in [0.15, 0.2) is 0 Å². The number of hydrogen-bond donors (Lipinski definition) is 2. The van der Waals surface area contributed by atoms with E-state index in [9.17, 15) is 4.79 Å². The van der Waals surface area contributed by atoms with Crippen molar-refractivity contribution in [2.75, 3.05) is 11.5 Å². The second-order valence-corrected chi connectivity index (χ2v) is 5.59. The summed E-state index contributed by atoms with van der Waals surface area (Å²) in [5, 5.41) is 12.0. The van der Waals surface area contributed by atoms with E-state index in [0.29, 0.717) is 11.8 Å². The van der Waals surface area contributed by atoms with E-state index in [4.69, 9.17) is 5.11 Å². The van der Waals surface area contributed by atoms with Crippen molar-refractivity contribution in [3.05, 3.63) is 0 Å². The van der Waals surface area contributed by atoms with Crippen LogP contribution in [0.4, 0.5) is 0 Å². The van der Waals surface area contributed by atoms with Crippen molar-refractivity contribution in [1.29, 1.82) is 0 Å². The smallest absolute Gasteiger partial charge is 0.321 e. The van der Waals surface area contributed by atoms with Crippen LogP contribution < -0.4 is 5.32 Å². The van der Waals surface area contributed by atoms with Crippen LogP contribution in [0.15, 0.2) is 0 Å². The highest BCUT2D eigenvalue weighted by Crippen LogP contribution is 2.26. The zero-order valence-corrected chi connectivity index (χ0v) is 9.15. The molecule has 0 aromatic rings. The number of nitrogens with one attached hydrogen (secondary N) is 1. The van der Waals surface area contributed by atoms with E-state index < -0.39 is 5.97 Å². The van der Waals surface area contributed by atoms with E-state index in [2.05, 4.69) is 26.1 Å². The summed E-state index contributed by atoms with van der Waals surface area (Å²) in [5.74, 6) is 0.955. The topological polar surface area (TPSA) is 49.3 Å². The van der Waals surface area contributed by atoms with Gasteiger partial charge in [-0.25, -0.2) is 0 Å². The van der Waals surface area contributed by atoms with E-state index in [-0.39, 0.29) is 11.5 Å². The molecule has 1 rings (SSSR count). The SMILES string of the molecule is CC(C)(C)C1CSCC(C(=O)O)N1. The summed E-state index contributed by atoms with van der Waals surface area (Å²) >= 11 is 1.72. The summed E-state index contributed by atoms with van der Waals surface area (Å²) < 4.78 is 0. The summed E-state index contributed by atoms with van der Waals surface area (Å²) in [6.45, 7) is 6.40. The zero-order valence-electron chi connectivity index (χ0n) is 8.33. The molecule has 0 saturated carbocycles. The van der Waals surface area contributed by atoms with Gasteiger partial charge in [-0.05, 0) is 5.41 Å². The molecule has 0 spiro atoms. The van der Waals surface area contributed by atoms with Crippen molar-refractivity contribution in [2.24, 2.45) is 5.41 Å². The molecule has 76 valence electrons. The van der Waals surface area contributed by atoms with Gasteiger partial charge >= 0.3 is 5.97 Å². The van der Waals surface area contributed by atoms with Gasteiger partial charge in [-0.3, -0.25) is 10.1 Å². The van der Waals surface area contributed by atoms with Gasteiger partial charge in [0, 0.05) is 17.5 Å². The Hall–Kier alpha value is -0.220. The van der Waals surface area contributed by atoms with E-state index in [1.165, 1.54) is 0 Å². The first-order valence-electron chi connectivity index (χ1n) is 4.48. The van der Waals surface area contributed by atoms with Gasteiger partial charge in [-0.15, -0.1) is 0 Å². The van der Waals surface area contributed by atoms with Crippen LogP contribution in [-0.4, -0.2) is 34.7 Å². The average molecular weight is 203 g/mol. The fourth-order valence-electron chi connectivity index (χ4n) is 1.29. The molecule has 0 aromatic heterocycles. The Morgan fingerprint density at radius 3 is 2.54 bits per heavy atom. The Bertz CT molecular complexity index is 200. The molecule has 0 aliphatic carbocycles. The lowest BCUT2D eigenvalue weighted by molar-refractivity contribution is -0.139. The number of carboxylic acid groups (broad SMARTS) is 1. The predicted octanol–water partition coefficient (Wildman–Crippen LogP) is 1.19. The van der Waals surface area contributed by atoms with Crippen molar-refractivity contribution in [2.45, 2.75) is 32.9 Å². The molecule has 1 fully saturated rings. The third kappa shape index (κ3) is 2.88. The van der Waals surface area contributed by atoms with Crippen LogP contribution in [0.25, 0.3) is 0 Å². The second kappa shape index (κ2) is 3.88. The predicted molar refractivity (Wildman–Crippen MR) is 55.1 cm³/mol. The minimum absolute atomic E-state index is 0.140. The average Bonchev–Trinajstić information content (AvgIpc) is 2.03. The van der Waals surface area contributed by atoms with Crippen LogP contribution in [0.5, 0.6) is 0 Å². The van der Waals surface area contributed by atoms with Gasteiger partial charge in [0.05, 0.1) is 0 Å². The van der Waals surface area contributed by atoms with Crippen LogP contribution in [0.3, 0.4) is 0 Å². The van der Waals surface area contributed by atoms with Gasteiger partial charge < -0.3 is 5.11 Å². The lowest BCUT2D eigenvalue weighted by Gasteiger charge is -2.37. The first kappa shape index (κ1) is 10.9. The van der Waals surface area contributed by atoms with Gasteiger partial charge in [0.25, 0.3) is 0 Å². The normalized spacial score (nSPS) is 30.1. The fourth-order valence-corrected chi connectivity index (χ4v) is 2.73. The van der Waals surface area contributed by atoms with Crippen LogP contribution in [0.1, 0.15) is 20.8 Å². The molecule has 1 heterocycles. The van der Waals surface area contributed by atoms with Crippen molar-refractivity contribution in [1.82, 2.24) is 5.32 Å². The number of rotatable bonds is 1. The van der Waals surface area contributed by atoms with Gasteiger partial charge in [0.1, 0.15) is 6.04 Å². The Labute approximate surface area is 83.3 Å². The highest BCUT2D eigenvalue weighted by atomic mass is 32.2. The highest BCUT2D eigenvalue weighted by Gasteiger charge is 2.32. The molecule has 1 aliphatic rings. The molecule has 2 unspecified atom stereocenters. The van der Waals surface area contributed by atoms with Gasteiger partial charge in [0.2, 0.25) is 0 Å². The minimum atomic E-state index is -0.735. The van der Waals surface area contributed by atoms with Crippen molar-refractivity contribution >= 4 is 17.7 Å². The number of carbonyl (C=O) groups is 1. The van der Waals surface area contributed by atoms with Crippen molar-refractivity contribution in [3.8, 4) is 0 Å². The summed E-state index contributed by atoms with van der Waals surface area (Å²) in [7, 11) is 0. The summed E-state index contributed by atoms with van der Waals surface area (Å²) in [4.78, 5) is 10.8. The Balaban J connectivity index is 2.57. The van der Waals surface area contributed by atoms with Crippen LogP contribution in [-0.2, 0) is 4.79 Å². The molecule has 4 heteroatoms. The standard InChI is InChI=1S/C9H17NO2S/c1-9(2,3)7-5-13-4-6(10-7)8(11)12/h6-7,10H,4-5H2,1-3H3,(H,11,12). The summed E-state index contributed by atoms with van der Waals surface area (Å²) in [6, 6.07) is -0.0738. The molecule has 3 nitrogen and oxygen atoms in total. The molecule has 1 aliphatic heterocycles. The molecule has 0 aromatic carbocycles. The molecular formula is C9H17NO2S. The Kier molecular flexibility index (Phi) is 3.24. The van der Waals surface area contributed by atoms with Gasteiger partial charge in [-0.1, -0.05) is 20.8 Å². The number of thioether (sulfide) groups is 1. The lowest BCUT2D eigenvalue weighted by Crippen LogP contribution is -2.54. The number of aliphatic carboxylic acids is 1. The molecular weight excluding hydrogens is 186 g/mol. The van der Waals surface area contributed by atoms with E-state index in [1.54, 1.807) is 11.8 Å². The number of carboxylic acids is 1. The maximum Gasteiger partial charge on any atom is 0.321 e. The van der Waals surface area contributed by atoms with Crippen LogP contribution in [0, 0.1) is 5.41 Å². The van der Waals surface area contributed by atoms with E-state index >= 15 is 0 Å². The zero-order chi connectivity index (χ0) is 10.1. The second-order valence-electron chi connectivity index (χ2n) is 4.51. The maximum absolute atomic E-state index is 10.8. The van der Waals surface area contributed by atoms with E-state index in [1.807, 2.05) is 0 Å². The molecule has 0 radical (unpaired) electrons.